The van der Waals surface area contributed by atoms with Crippen molar-refractivity contribution in [3.63, 3.8) is 0 Å². The Bertz CT molecular complexity index is 748. The topological polar surface area (TPSA) is 93.5 Å². The lowest BCUT2D eigenvalue weighted by molar-refractivity contribution is -0.143. The van der Waals surface area contributed by atoms with E-state index in [9.17, 15) is 18.4 Å². The normalized spacial score (nSPS) is 11.8. The molecule has 0 saturated heterocycles. The minimum absolute atomic E-state index is 0.200. The molecule has 0 aliphatic rings. The van der Waals surface area contributed by atoms with Crippen molar-refractivity contribution in [3.05, 3.63) is 47.2 Å². The van der Waals surface area contributed by atoms with Crippen molar-refractivity contribution in [2.45, 2.75) is 13.0 Å². The molecule has 24 heavy (non-hydrogen) atoms. The average molecular weight is 339 g/mol. The highest BCUT2D eigenvalue weighted by molar-refractivity contribution is 5.91. The molecule has 9 heteroatoms. The molecular weight excluding hydrogens is 324 g/mol. The maximum Gasteiger partial charge on any atom is 0.327 e. The SMILES string of the molecule is COC(=O)[C@@H](NCC(=O)Nc1cc(C)on1)c1cc(F)ccc1F. The minimum atomic E-state index is -1.34. The molecule has 1 atom stereocenters. The predicted molar refractivity (Wildman–Crippen MR) is 79.0 cm³/mol. The van der Waals surface area contributed by atoms with E-state index in [4.69, 9.17) is 4.52 Å². The summed E-state index contributed by atoms with van der Waals surface area (Å²) in [5.41, 5.74) is -0.257. The molecule has 0 bridgehead atoms. The number of aromatic nitrogens is 1. The van der Waals surface area contributed by atoms with Gasteiger partial charge in [-0.2, -0.15) is 0 Å². The summed E-state index contributed by atoms with van der Waals surface area (Å²) in [5.74, 6) is -2.21. The van der Waals surface area contributed by atoms with Crippen molar-refractivity contribution < 1.29 is 27.6 Å². The van der Waals surface area contributed by atoms with Crippen molar-refractivity contribution in [2.24, 2.45) is 0 Å². The second-order valence-electron chi connectivity index (χ2n) is 4.87. The van der Waals surface area contributed by atoms with Gasteiger partial charge in [-0.15, -0.1) is 0 Å². The second-order valence-corrected chi connectivity index (χ2v) is 4.87. The van der Waals surface area contributed by atoms with E-state index in [2.05, 4.69) is 20.5 Å². The maximum absolute atomic E-state index is 13.9. The molecule has 0 spiro atoms. The van der Waals surface area contributed by atoms with Crippen molar-refractivity contribution in [2.75, 3.05) is 19.0 Å². The third-order valence-electron chi connectivity index (χ3n) is 3.07. The number of carbonyl (C=O) groups is 2. The van der Waals surface area contributed by atoms with Gasteiger partial charge >= 0.3 is 5.97 Å². The standard InChI is InChI=1S/C15H15F2N3O4/c1-8-5-12(20-24-8)19-13(21)7-18-14(15(22)23-2)10-6-9(16)3-4-11(10)17/h3-6,14,18H,7H2,1-2H3,(H,19,20,21)/t14-/m0/s1. The van der Waals surface area contributed by atoms with Gasteiger partial charge in [0.15, 0.2) is 5.82 Å². The highest BCUT2D eigenvalue weighted by Crippen LogP contribution is 2.19. The average Bonchev–Trinajstić information content (AvgIpc) is 2.95. The zero-order valence-corrected chi connectivity index (χ0v) is 12.9. The van der Waals surface area contributed by atoms with Crippen LogP contribution < -0.4 is 10.6 Å². The first-order valence-electron chi connectivity index (χ1n) is 6.90. The van der Waals surface area contributed by atoms with Gasteiger partial charge < -0.3 is 14.6 Å². The number of rotatable bonds is 6. The number of hydrogen-bond donors (Lipinski definition) is 2. The first-order valence-corrected chi connectivity index (χ1v) is 6.90. The van der Waals surface area contributed by atoms with E-state index in [1.807, 2.05) is 0 Å². The Morgan fingerprint density at radius 2 is 2.08 bits per heavy atom. The summed E-state index contributed by atoms with van der Waals surface area (Å²) in [5, 5.41) is 8.54. The number of methoxy groups -OCH3 is 1. The van der Waals surface area contributed by atoms with Crippen LogP contribution in [0, 0.1) is 18.6 Å². The fourth-order valence-electron chi connectivity index (χ4n) is 1.98. The molecule has 1 heterocycles. The molecule has 0 saturated carbocycles. The van der Waals surface area contributed by atoms with E-state index >= 15 is 0 Å². The Kier molecular flexibility index (Phi) is 5.59. The van der Waals surface area contributed by atoms with Gasteiger partial charge in [0.05, 0.1) is 13.7 Å². The van der Waals surface area contributed by atoms with Gasteiger partial charge in [-0.25, -0.2) is 13.6 Å². The van der Waals surface area contributed by atoms with Crippen molar-refractivity contribution in [1.29, 1.82) is 0 Å². The first kappa shape index (κ1) is 17.5. The number of benzene rings is 1. The number of anilines is 1. The van der Waals surface area contributed by atoms with Crippen LogP contribution in [0.5, 0.6) is 0 Å². The second kappa shape index (κ2) is 7.64. The zero-order valence-electron chi connectivity index (χ0n) is 12.9. The molecule has 0 unspecified atom stereocenters. The number of esters is 1. The van der Waals surface area contributed by atoms with E-state index in [1.54, 1.807) is 6.92 Å². The maximum atomic E-state index is 13.9. The summed E-state index contributed by atoms with van der Waals surface area (Å²) in [6, 6.07) is 2.84. The summed E-state index contributed by atoms with van der Waals surface area (Å²) >= 11 is 0. The van der Waals surface area contributed by atoms with Gasteiger partial charge in [-0.05, 0) is 25.1 Å². The third-order valence-corrected chi connectivity index (χ3v) is 3.07. The molecule has 0 fully saturated rings. The third kappa shape index (κ3) is 4.35. The largest absolute Gasteiger partial charge is 0.468 e. The van der Waals surface area contributed by atoms with Crippen LogP contribution in [-0.2, 0) is 14.3 Å². The number of amides is 1. The molecule has 2 aromatic rings. The highest BCUT2D eigenvalue weighted by atomic mass is 19.1. The molecule has 2 rings (SSSR count). The summed E-state index contributed by atoms with van der Waals surface area (Å²) in [7, 11) is 1.10. The van der Waals surface area contributed by atoms with Crippen molar-refractivity contribution >= 4 is 17.7 Å². The number of hydrogen-bond acceptors (Lipinski definition) is 6. The fraction of sp³-hybridized carbons (Fsp3) is 0.267. The summed E-state index contributed by atoms with van der Waals surface area (Å²) in [6.45, 7) is 1.29. The number of nitrogens with zero attached hydrogens (tertiary/aromatic N) is 1. The van der Waals surface area contributed by atoms with E-state index in [-0.39, 0.29) is 17.9 Å². The van der Waals surface area contributed by atoms with Gasteiger partial charge in [-0.1, -0.05) is 5.16 Å². The lowest BCUT2D eigenvalue weighted by atomic mass is 10.1. The van der Waals surface area contributed by atoms with Gasteiger partial charge in [0.1, 0.15) is 23.4 Å². The molecule has 0 radical (unpaired) electrons. The van der Waals surface area contributed by atoms with Crippen LogP contribution in [0.25, 0.3) is 0 Å². The van der Waals surface area contributed by atoms with Crippen LogP contribution in [0.4, 0.5) is 14.6 Å². The van der Waals surface area contributed by atoms with Crippen LogP contribution in [0.1, 0.15) is 17.4 Å². The highest BCUT2D eigenvalue weighted by Gasteiger charge is 2.25. The predicted octanol–water partition coefficient (Wildman–Crippen LogP) is 1.70. The summed E-state index contributed by atoms with van der Waals surface area (Å²) in [4.78, 5) is 23.7. The number of aryl methyl sites for hydroxylation is 1. The van der Waals surface area contributed by atoms with Crippen LogP contribution in [0.2, 0.25) is 0 Å². The molecule has 1 aromatic heterocycles. The molecule has 0 aliphatic heterocycles. The molecule has 1 amide bonds. The zero-order chi connectivity index (χ0) is 17.7. The first-order chi connectivity index (χ1) is 11.4. The Balaban J connectivity index is 2.08. The van der Waals surface area contributed by atoms with Crippen LogP contribution in [-0.4, -0.2) is 30.7 Å². The van der Waals surface area contributed by atoms with Crippen LogP contribution >= 0.6 is 0 Å². The van der Waals surface area contributed by atoms with Gasteiger partial charge in [-0.3, -0.25) is 10.1 Å². The molecule has 7 nitrogen and oxygen atoms in total. The van der Waals surface area contributed by atoms with Crippen molar-refractivity contribution in [3.8, 4) is 0 Å². The van der Waals surface area contributed by atoms with Crippen LogP contribution in [0.3, 0.4) is 0 Å². The Hall–Kier alpha value is -2.81. The lowest BCUT2D eigenvalue weighted by Gasteiger charge is -2.17. The monoisotopic (exact) mass is 339 g/mol. The number of ether oxygens (including phenoxy) is 1. The van der Waals surface area contributed by atoms with E-state index < -0.39 is 29.6 Å². The molecule has 1 aromatic carbocycles. The van der Waals surface area contributed by atoms with E-state index in [0.717, 1.165) is 25.3 Å². The van der Waals surface area contributed by atoms with Gasteiger partial charge in [0.25, 0.3) is 0 Å². The summed E-state index contributed by atoms with van der Waals surface area (Å²) in [6.07, 6.45) is 0. The quantitative estimate of drug-likeness (QED) is 0.778. The minimum Gasteiger partial charge on any atom is -0.468 e. The van der Waals surface area contributed by atoms with Crippen molar-refractivity contribution in [1.82, 2.24) is 10.5 Å². The molecule has 128 valence electrons. The van der Waals surface area contributed by atoms with Gasteiger partial charge in [0, 0.05) is 11.6 Å². The smallest absolute Gasteiger partial charge is 0.327 e. The lowest BCUT2D eigenvalue weighted by Crippen LogP contribution is -2.36. The molecule has 0 aliphatic carbocycles. The molecule has 2 N–H and O–H groups in total. The number of carbonyl (C=O) groups excluding carboxylic acids is 2. The van der Waals surface area contributed by atoms with E-state index in [0.29, 0.717) is 5.76 Å². The number of halogens is 2. The van der Waals surface area contributed by atoms with Gasteiger partial charge in [0.2, 0.25) is 5.91 Å². The Morgan fingerprint density at radius 1 is 1.33 bits per heavy atom. The van der Waals surface area contributed by atoms with E-state index in [1.165, 1.54) is 6.07 Å². The Labute approximate surface area is 136 Å². The fourth-order valence-corrected chi connectivity index (χ4v) is 1.98. The van der Waals surface area contributed by atoms with Crippen LogP contribution in [0.15, 0.2) is 28.8 Å². The summed E-state index contributed by atoms with van der Waals surface area (Å²) < 4.78 is 36.5. The Morgan fingerprint density at radius 3 is 2.71 bits per heavy atom. The number of nitrogens with one attached hydrogen (secondary N) is 2. The molecular formula is C15H15F2N3O4.